The summed E-state index contributed by atoms with van der Waals surface area (Å²) in [7, 11) is 1.66. The molecule has 0 amide bonds. The Labute approximate surface area is 105 Å². The Bertz CT molecular complexity index is 318. The van der Waals surface area contributed by atoms with Gasteiger partial charge in [0, 0.05) is 23.7 Å². The molecule has 4 heteroatoms. The van der Waals surface area contributed by atoms with Crippen molar-refractivity contribution in [2.24, 2.45) is 0 Å². The van der Waals surface area contributed by atoms with Gasteiger partial charge in [0.1, 0.15) is 5.75 Å². The van der Waals surface area contributed by atoms with Gasteiger partial charge in [0.25, 0.3) is 0 Å². The zero-order chi connectivity index (χ0) is 11.8. The molecule has 0 radical (unpaired) electrons. The van der Waals surface area contributed by atoms with Crippen molar-refractivity contribution < 1.29 is 9.84 Å². The van der Waals surface area contributed by atoms with Crippen molar-refractivity contribution >= 4 is 21.6 Å². The molecule has 0 atom stereocenters. The zero-order valence-electron chi connectivity index (χ0n) is 9.50. The molecule has 1 aromatic carbocycles. The molecular formula is C12H18BrNO2. The van der Waals surface area contributed by atoms with E-state index in [0.717, 1.165) is 41.7 Å². The van der Waals surface area contributed by atoms with E-state index in [-0.39, 0.29) is 6.61 Å². The average molecular weight is 288 g/mol. The number of aliphatic hydroxyl groups is 1. The highest BCUT2D eigenvalue weighted by molar-refractivity contribution is 9.10. The molecule has 0 unspecified atom stereocenters. The summed E-state index contributed by atoms with van der Waals surface area (Å²) in [4.78, 5) is 0. The largest absolute Gasteiger partial charge is 0.497 e. The highest BCUT2D eigenvalue weighted by Gasteiger charge is 2.00. The molecule has 0 bridgehead atoms. The molecule has 0 aliphatic heterocycles. The van der Waals surface area contributed by atoms with Crippen LogP contribution in [-0.4, -0.2) is 25.4 Å². The Morgan fingerprint density at radius 2 is 2.12 bits per heavy atom. The SMILES string of the molecule is COc1ccc(Br)c(NCCCCCO)c1. The lowest BCUT2D eigenvalue weighted by atomic mass is 10.2. The lowest BCUT2D eigenvalue weighted by Crippen LogP contribution is -2.02. The standard InChI is InChI=1S/C12H18BrNO2/c1-16-10-5-6-11(13)12(9-10)14-7-3-2-4-8-15/h5-6,9,14-15H,2-4,7-8H2,1H3. The summed E-state index contributed by atoms with van der Waals surface area (Å²) >= 11 is 3.48. The van der Waals surface area contributed by atoms with Gasteiger partial charge in [-0.3, -0.25) is 0 Å². The van der Waals surface area contributed by atoms with Crippen LogP contribution in [0.4, 0.5) is 5.69 Å². The van der Waals surface area contributed by atoms with Crippen LogP contribution in [0.5, 0.6) is 5.75 Å². The van der Waals surface area contributed by atoms with Crippen molar-refractivity contribution in [3.8, 4) is 5.75 Å². The fourth-order valence-electron chi connectivity index (χ4n) is 1.40. The van der Waals surface area contributed by atoms with Gasteiger partial charge in [-0.25, -0.2) is 0 Å². The van der Waals surface area contributed by atoms with E-state index in [2.05, 4.69) is 21.2 Å². The first-order valence-electron chi connectivity index (χ1n) is 5.46. The number of hydrogen-bond acceptors (Lipinski definition) is 3. The van der Waals surface area contributed by atoms with Crippen LogP contribution in [0.2, 0.25) is 0 Å². The second kappa shape index (κ2) is 7.52. The summed E-state index contributed by atoms with van der Waals surface area (Å²) in [6, 6.07) is 5.85. The maximum Gasteiger partial charge on any atom is 0.121 e. The Balaban J connectivity index is 2.40. The van der Waals surface area contributed by atoms with E-state index < -0.39 is 0 Å². The van der Waals surface area contributed by atoms with Crippen molar-refractivity contribution in [1.29, 1.82) is 0 Å². The second-order valence-electron chi connectivity index (χ2n) is 3.56. The number of hydrogen-bond donors (Lipinski definition) is 2. The molecule has 16 heavy (non-hydrogen) atoms. The fraction of sp³-hybridized carbons (Fsp3) is 0.500. The number of anilines is 1. The van der Waals surface area contributed by atoms with Gasteiger partial charge in [0.2, 0.25) is 0 Å². The summed E-state index contributed by atoms with van der Waals surface area (Å²) in [6.07, 6.45) is 2.98. The zero-order valence-corrected chi connectivity index (χ0v) is 11.1. The van der Waals surface area contributed by atoms with Crippen LogP contribution in [0, 0.1) is 0 Å². The van der Waals surface area contributed by atoms with Crippen molar-refractivity contribution in [1.82, 2.24) is 0 Å². The minimum atomic E-state index is 0.281. The van der Waals surface area contributed by atoms with Gasteiger partial charge in [-0.2, -0.15) is 0 Å². The molecule has 0 heterocycles. The predicted molar refractivity (Wildman–Crippen MR) is 70.1 cm³/mol. The highest BCUT2D eigenvalue weighted by atomic mass is 79.9. The van der Waals surface area contributed by atoms with Crippen LogP contribution in [0.3, 0.4) is 0 Å². The minimum absolute atomic E-state index is 0.281. The van der Waals surface area contributed by atoms with Gasteiger partial charge >= 0.3 is 0 Å². The van der Waals surface area contributed by atoms with Gasteiger partial charge in [-0.05, 0) is 47.3 Å². The molecule has 0 aliphatic rings. The molecule has 90 valence electrons. The number of benzene rings is 1. The van der Waals surface area contributed by atoms with Gasteiger partial charge in [0.15, 0.2) is 0 Å². The molecule has 0 saturated carbocycles. The van der Waals surface area contributed by atoms with Crippen molar-refractivity contribution in [3.05, 3.63) is 22.7 Å². The second-order valence-corrected chi connectivity index (χ2v) is 4.41. The molecular weight excluding hydrogens is 270 g/mol. The van der Waals surface area contributed by atoms with Crippen LogP contribution < -0.4 is 10.1 Å². The van der Waals surface area contributed by atoms with Crippen LogP contribution in [0.15, 0.2) is 22.7 Å². The monoisotopic (exact) mass is 287 g/mol. The van der Waals surface area contributed by atoms with E-state index in [9.17, 15) is 0 Å². The highest BCUT2D eigenvalue weighted by Crippen LogP contribution is 2.26. The molecule has 0 fully saturated rings. The normalized spacial score (nSPS) is 10.2. The maximum atomic E-state index is 8.65. The van der Waals surface area contributed by atoms with Crippen LogP contribution in [0.25, 0.3) is 0 Å². The maximum absolute atomic E-state index is 8.65. The number of ether oxygens (including phenoxy) is 1. The molecule has 0 spiro atoms. The smallest absolute Gasteiger partial charge is 0.121 e. The van der Waals surface area contributed by atoms with Crippen LogP contribution >= 0.6 is 15.9 Å². The summed E-state index contributed by atoms with van der Waals surface area (Å²) in [6.45, 7) is 1.19. The number of halogens is 1. The molecule has 0 aromatic heterocycles. The van der Waals surface area contributed by atoms with E-state index in [1.807, 2.05) is 18.2 Å². The molecule has 0 saturated heterocycles. The quantitative estimate of drug-likeness (QED) is 0.758. The van der Waals surface area contributed by atoms with Crippen molar-refractivity contribution in [2.75, 3.05) is 25.6 Å². The van der Waals surface area contributed by atoms with E-state index in [1.165, 1.54) is 0 Å². The predicted octanol–water partition coefficient (Wildman–Crippen LogP) is 3.03. The summed E-state index contributed by atoms with van der Waals surface area (Å²) in [5.41, 5.74) is 1.04. The molecule has 1 rings (SSSR count). The number of methoxy groups -OCH3 is 1. The first kappa shape index (κ1) is 13.3. The van der Waals surface area contributed by atoms with Gasteiger partial charge in [-0.1, -0.05) is 0 Å². The summed E-state index contributed by atoms with van der Waals surface area (Å²) in [5, 5.41) is 12.0. The number of nitrogens with one attached hydrogen (secondary N) is 1. The lowest BCUT2D eigenvalue weighted by Gasteiger charge is -2.10. The van der Waals surface area contributed by atoms with Crippen molar-refractivity contribution in [3.63, 3.8) is 0 Å². The third kappa shape index (κ3) is 4.41. The Hall–Kier alpha value is -0.740. The molecule has 0 aliphatic carbocycles. The van der Waals surface area contributed by atoms with Crippen LogP contribution in [0.1, 0.15) is 19.3 Å². The van der Waals surface area contributed by atoms with E-state index in [0.29, 0.717) is 0 Å². The molecule has 1 aromatic rings. The van der Waals surface area contributed by atoms with Gasteiger partial charge in [0.05, 0.1) is 12.8 Å². The van der Waals surface area contributed by atoms with E-state index in [1.54, 1.807) is 7.11 Å². The van der Waals surface area contributed by atoms with Gasteiger partial charge < -0.3 is 15.2 Å². The summed E-state index contributed by atoms with van der Waals surface area (Å²) < 4.78 is 6.20. The Morgan fingerprint density at radius 3 is 2.81 bits per heavy atom. The first-order chi connectivity index (χ1) is 7.77. The first-order valence-corrected chi connectivity index (χ1v) is 6.25. The lowest BCUT2D eigenvalue weighted by molar-refractivity contribution is 0.283. The summed E-state index contributed by atoms with van der Waals surface area (Å²) in [5.74, 6) is 0.848. The third-order valence-corrected chi connectivity index (χ3v) is 3.02. The van der Waals surface area contributed by atoms with Gasteiger partial charge in [-0.15, -0.1) is 0 Å². The van der Waals surface area contributed by atoms with Crippen molar-refractivity contribution in [2.45, 2.75) is 19.3 Å². The van der Waals surface area contributed by atoms with Crippen LogP contribution in [-0.2, 0) is 0 Å². The third-order valence-electron chi connectivity index (χ3n) is 2.32. The Kier molecular flexibility index (Phi) is 6.26. The Morgan fingerprint density at radius 1 is 1.31 bits per heavy atom. The number of rotatable bonds is 7. The topological polar surface area (TPSA) is 41.5 Å². The molecule has 3 nitrogen and oxygen atoms in total. The fourth-order valence-corrected chi connectivity index (χ4v) is 1.79. The van der Waals surface area contributed by atoms with E-state index in [4.69, 9.17) is 9.84 Å². The average Bonchev–Trinajstić information content (AvgIpc) is 2.31. The molecule has 2 N–H and O–H groups in total. The minimum Gasteiger partial charge on any atom is -0.497 e. The van der Waals surface area contributed by atoms with E-state index >= 15 is 0 Å². The number of unbranched alkanes of at least 4 members (excludes halogenated alkanes) is 2. The number of aliphatic hydroxyl groups excluding tert-OH is 1.